The SMILES string of the molecule is CC[C@@H]1CCCCN1C(=O)Cc1c(C)nc2nc(-c3ccccc3Cl)nn2c1C. The molecule has 29 heavy (non-hydrogen) atoms. The molecule has 6 nitrogen and oxygen atoms in total. The van der Waals surface area contributed by atoms with Gasteiger partial charge in [0.2, 0.25) is 5.91 Å². The van der Waals surface area contributed by atoms with Crippen LogP contribution < -0.4 is 0 Å². The van der Waals surface area contributed by atoms with Crippen molar-refractivity contribution in [2.75, 3.05) is 6.54 Å². The zero-order valence-electron chi connectivity index (χ0n) is 17.2. The summed E-state index contributed by atoms with van der Waals surface area (Å²) in [6, 6.07) is 7.85. The topological polar surface area (TPSA) is 63.4 Å². The van der Waals surface area contributed by atoms with Gasteiger partial charge in [-0.2, -0.15) is 4.98 Å². The lowest BCUT2D eigenvalue weighted by molar-refractivity contribution is -0.134. The monoisotopic (exact) mass is 411 g/mol. The Morgan fingerprint density at radius 2 is 2.00 bits per heavy atom. The number of halogens is 1. The molecule has 1 saturated heterocycles. The summed E-state index contributed by atoms with van der Waals surface area (Å²) in [7, 11) is 0. The van der Waals surface area contributed by atoms with E-state index in [1.54, 1.807) is 4.52 Å². The van der Waals surface area contributed by atoms with Gasteiger partial charge in [0.15, 0.2) is 5.82 Å². The van der Waals surface area contributed by atoms with Crippen LogP contribution in [0.15, 0.2) is 24.3 Å². The highest BCUT2D eigenvalue weighted by atomic mass is 35.5. The van der Waals surface area contributed by atoms with Crippen molar-refractivity contribution in [1.82, 2.24) is 24.5 Å². The zero-order chi connectivity index (χ0) is 20.5. The summed E-state index contributed by atoms with van der Waals surface area (Å²) < 4.78 is 1.72. The number of amides is 1. The number of likely N-dealkylation sites (tertiary alicyclic amines) is 1. The normalized spacial score (nSPS) is 17.1. The van der Waals surface area contributed by atoms with Gasteiger partial charge >= 0.3 is 0 Å². The Kier molecular flexibility index (Phi) is 5.54. The number of hydrogen-bond acceptors (Lipinski definition) is 4. The molecule has 7 heteroatoms. The number of hydrogen-bond donors (Lipinski definition) is 0. The van der Waals surface area contributed by atoms with E-state index in [0.29, 0.717) is 29.1 Å². The highest BCUT2D eigenvalue weighted by molar-refractivity contribution is 6.33. The second-order valence-corrected chi connectivity index (χ2v) is 8.12. The molecule has 152 valence electrons. The molecule has 2 aromatic heterocycles. The van der Waals surface area contributed by atoms with Crippen molar-refractivity contribution < 1.29 is 4.79 Å². The Labute approximate surface area is 175 Å². The summed E-state index contributed by atoms with van der Waals surface area (Å²) in [6.07, 6.45) is 4.74. The molecule has 1 amide bonds. The predicted molar refractivity (Wildman–Crippen MR) is 114 cm³/mol. The lowest BCUT2D eigenvalue weighted by Gasteiger charge is -2.35. The number of aromatic nitrogens is 4. The van der Waals surface area contributed by atoms with E-state index >= 15 is 0 Å². The maximum absolute atomic E-state index is 13.1. The van der Waals surface area contributed by atoms with Gasteiger partial charge in [0, 0.05) is 35.1 Å². The Bertz CT molecular complexity index is 1060. The number of fused-ring (bicyclic) bond motifs is 1. The van der Waals surface area contributed by atoms with Crippen LogP contribution >= 0.6 is 11.6 Å². The van der Waals surface area contributed by atoms with E-state index in [1.807, 2.05) is 38.1 Å². The van der Waals surface area contributed by atoms with Crippen LogP contribution in [0.25, 0.3) is 17.2 Å². The maximum Gasteiger partial charge on any atom is 0.253 e. The minimum Gasteiger partial charge on any atom is -0.339 e. The Hall–Kier alpha value is -2.47. The number of carbonyl (C=O) groups excluding carboxylic acids is 1. The largest absolute Gasteiger partial charge is 0.339 e. The van der Waals surface area contributed by atoms with Crippen molar-refractivity contribution in [2.45, 2.75) is 58.9 Å². The summed E-state index contributed by atoms with van der Waals surface area (Å²) in [4.78, 5) is 24.3. The molecule has 0 N–H and O–H groups in total. The van der Waals surface area contributed by atoms with Gasteiger partial charge in [0.05, 0.1) is 11.4 Å². The van der Waals surface area contributed by atoms with Crippen molar-refractivity contribution in [2.24, 2.45) is 0 Å². The Morgan fingerprint density at radius 3 is 2.76 bits per heavy atom. The summed E-state index contributed by atoms with van der Waals surface area (Å²) in [5, 5.41) is 5.23. The predicted octanol–water partition coefficient (Wildman–Crippen LogP) is 4.40. The molecule has 0 saturated carbocycles. The molecule has 0 bridgehead atoms. The number of benzene rings is 1. The standard InChI is InChI=1S/C22H26ClN5O/c1-4-16-9-7-8-12-27(16)20(29)13-18-14(2)24-22-25-21(26-28(22)15(18)3)17-10-5-6-11-19(17)23/h5-6,10-11,16H,4,7-9,12-13H2,1-3H3/t16-/m1/s1. The summed E-state index contributed by atoms with van der Waals surface area (Å²) >= 11 is 6.31. The third-order valence-corrected chi connectivity index (χ3v) is 6.24. The van der Waals surface area contributed by atoms with E-state index < -0.39 is 0 Å². The average Bonchev–Trinajstić information content (AvgIpc) is 3.15. The molecule has 1 fully saturated rings. The second kappa shape index (κ2) is 8.11. The summed E-state index contributed by atoms with van der Waals surface area (Å²) in [6.45, 7) is 6.92. The van der Waals surface area contributed by atoms with Crippen molar-refractivity contribution >= 4 is 23.3 Å². The first-order valence-electron chi connectivity index (χ1n) is 10.3. The summed E-state index contributed by atoms with van der Waals surface area (Å²) in [5.41, 5.74) is 3.43. The number of rotatable bonds is 4. The minimum atomic E-state index is 0.176. The van der Waals surface area contributed by atoms with E-state index in [0.717, 1.165) is 48.3 Å². The van der Waals surface area contributed by atoms with Crippen molar-refractivity contribution in [1.29, 1.82) is 0 Å². The van der Waals surface area contributed by atoms with Crippen LogP contribution in [0.5, 0.6) is 0 Å². The fourth-order valence-corrected chi connectivity index (χ4v) is 4.45. The molecule has 1 aliphatic rings. The molecule has 4 rings (SSSR count). The maximum atomic E-state index is 13.1. The van der Waals surface area contributed by atoms with Gasteiger partial charge in [-0.05, 0) is 51.7 Å². The smallest absolute Gasteiger partial charge is 0.253 e. The first-order valence-corrected chi connectivity index (χ1v) is 10.6. The lowest BCUT2D eigenvalue weighted by atomic mass is 9.98. The molecule has 0 unspecified atom stereocenters. The molecule has 1 aromatic carbocycles. The van der Waals surface area contributed by atoms with Crippen LogP contribution in [0.1, 0.15) is 49.6 Å². The van der Waals surface area contributed by atoms with Gasteiger partial charge < -0.3 is 4.90 Å². The van der Waals surface area contributed by atoms with E-state index in [9.17, 15) is 4.79 Å². The van der Waals surface area contributed by atoms with Gasteiger partial charge in [-0.1, -0.05) is 30.7 Å². The molecule has 3 heterocycles. The highest BCUT2D eigenvalue weighted by Gasteiger charge is 2.27. The first kappa shape index (κ1) is 19.8. The van der Waals surface area contributed by atoms with Crippen LogP contribution in [0.4, 0.5) is 0 Å². The molecule has 1 atom stereocenters. The minimum absolute atomic E-state index is 0.176. The van der Waals surface area contributed by atoms with Crippen molar-refractivity contribution in [3.63, 3.8) is 0 Å². The molecular formula is C22H26ClN5O. The fourth-order valence-electron chi connectivity index (χ4n) is 4.23. The van der Waals surface area contributed by atoms with Gasteiger partial charge in [0.1, 0.15) is 0 Å². The third-order valence-electron chi connectivity index (χ3n) is 5.91. The Morgan fingerprint density at radius 1 is 1.21 bits per heavy atom. The summed E-state index contributed by atoms with van der Waals surface area (Å²) in [5.74, 6) is 1.24. The van der Waals surface area contributed by atoms with Crippen LogP contribution in [-0.4, -0.2) is 43.0 Å². The first-order chi connectivity index (χ1) is 14.0. The van der Waals surface area contributed by atoms with Crippen LogP contribution in [-0.2, 0) is 11.2 Å². The Balaban J connectivity index is 1.68. The highest BCUT2D eigenvalue weighted by Crippen LogP contribution is 2.26. The second-order valence-electron chi connectivity index (χ2n) is 7.71. The lowest BCUT2D eigenvalue weighted by Crippen LogP contribution is -2.44. The van der Waals surface area contributed by atoms with Crippen LogP contribution in [0, 0.1) is 13.8 Å². The van der Waals surface area contributed by atoms with Crippen molar-refractivity contribution in [3.05, 3.63) is 46.2 Å². The third kappa shape index (κ3) is 3.73. The van der Waals surface area contributed by atoms with E-state index in [2.05, 4.69) is 26.9 Å². The van der Waals surface area contributed by atoms with E-state index in [-0.39, 0.29) is 5.91 Å². The van der Waals surface area contributed by atoms with E-state index in [1.165, 1.54) is 6.42 Å². The number of nitrogens with zero attached hydrogens (tertiary/aromatic N) is 5. The molecular weight excluding hydrogens is 386 g/mol. The number of aryl methyl sites for hydroxylation is 2. The van der Waals surface area contributed by atoms with Crippen LogP contribution in [0.3, 0.4) is 0 Å². The zero-order valence-corrected chi connectivity index (χ0v) is 17.9. The fraction of sp³-hybridized carbons (Fsp3) is 0.455. The molecule has 3 aromatic rings. The van der Waals surface area contributed by atoms with E-state index in [4.69, 9.17) is 11.6 Å². The number of carbonyl (C=O) groups is 1. The van der Waals surface area contributed by atoms with Gasteiger partial charge in [-0.3, -0.25) is 4.79 Å². The quantitative estimate of drug-likeness (QED) is 0.638. The molecule has 0 spiro atoms. The molecule has 0 radical (unpaired) electrons. The average molecular weight is 412 g/mol. The van der Waals surface area contributed by atoms with Gasteiger partial charge in [-0.15, -0.1) is 5.10 Å². The van der Waals surface area contributed by atoms with Gasteiger partial charge in [0.25, 0.3) is 5.78 Å². The van der Waals surface area contributed by atoms with Crippen molar-refractivity contribution in [3.8, 4) is 11.4 Å². The molecule has 0 aliphatic carbocycles. The van der Waals surface area contributed by atoms with Gasteiger partial charge in [-0.25, -0.2) is 9.50 Å². The molecule has 1 aliphatic heterocycles. The number of piperidine rings is 1. The van der Waals surface area contributed by atoms with Crippen LogP contribution in [0.2, 0.25) is 5.02 Å².